The Balaban J connectivity index is -0.000000772. The number of benzene rings is 2. The van der Waals surface area contributed by atoms with E-state index in [0.29, 0.717) is 46.8 Å². The zero-order valence-corrected chi connectivity index (χ0v) is 38.1. The van der Waals surface area contributed by atoms with Crippen LogP contribution in [0.1, 0.15) is 163 Å². The Morgan fingerprint density at radius 2 is 1.20 bits per heavy atom. The summed E-state index contributed by atoms with van der Waals surface area (Å²) < 4.78 is 5.63. The first-order valence-corrected chi connectivity index (χ1v) is 19.8. The van der Waals surface area contributed by atoms with E-state index >= 15 is 0 Å². The van der Waals surface area contributed by atoms with E-state index in [1.807, 2.05) is 25.2 Å². The molecule has 10 heteroatoms. The molecule has 0 aliphatic carbocycles. The maximum Gasteiger partial charge on any atom is 0.163 e. The number of allylic oxidation sites excluding steroid dienone is 4. The van der Waals surface area contributed by atoms with E-state index < -0.39 is 0 Å². The van der Waals surface area contributed by atoms with Crippen LogP contribution in [0.2, 0.25) is 10.0 Å². The molecule has 0 unspecified atom stereocenters. The summed E-state index contributed by atoms with van der Waals surface area (Å²) in [5, 5.41) is 39.2. The second kappa shape index (κ2) is 32.5. The third-order valence-electron chi connectivity index (χ3n) is 8.97. The molecule has 0 aliphatic rings. The molecular formula is C45H69Cl2O7Pd-. The smallest absolute Gasteiger partial charge is 0.163 e. The summed E-state index contributed by atoms with van der Waals surface area (Å²) in [7, 11) is 0. The minimum atomic E-state index is -0.213. The first kappa shape index (κ1) is 56.7. The van der Waals surface area contributed by atoms with Crippen LogP contribution in [0, 0.1) is 21.3 Å². The van der Waals surface area contributed by atoms with Gasteiger partial charge in [-0.1, -0.05) is 111 Å². The number of Topliss-reactive ketones (excluding diaryl/α,β-unsaturated/α-hetero) is 1. The van der Waals surface area contributed by atoms with Crippen LogP contribution < -0.4 is 4.74 Å². The molecule has 316 valence electrons. The van der Waals surface area contributed by atoms with Gasteiger partial charge in [0.2, 0.25) is 0 Å². The fraction of sp³-hybridized carbons (Fsp3) is 0.533. The van der Waals surface area contributed by atoms with Crippen molar-refractivity contribution in [3.05, 3.63) is 86.3 Å². The van der Waals surface area contributed by atoms with E-state index in [1.165, 1.54) is 81.1 Å². The average Bonchev–Trinajstić information content (AvgIpc) is 3.10. The molecule has 0 heterocycles. The van der Waals surface area contributed by atoms with Crippen LogP contribution in [0.4, 0.5) is 0 Å². The Labute approximate surface area is 356 Å². The summed E-state index contributed by atoms with van der Waals surface area (Å²) in [4.78, 5) is 22.6. The van der Waals surface area contributed by atoms with Crippen molar-refractivity contribution in [2.75, 3.05) is 13.2 Å². The minimum absolute atomic E-state index is 0. The molecule has 0 aliphatic heterocycles. The number of carbonyl (C=O) groups excluding carboxylic acids is 2. The summed E-state index contributed by atoms with van der Waals surface area (Å²) in [6.07, 6.45) is 21.0. The van der Waals surface area contributed by atoms with Crippen LogP contribution in [0.5, 0.6) is 23.0 Å². The molecule has 0 spiro atoms. The zero-order chi connectivity index (χ0) is 40.5. The van der Waals surface area contributed by atoms with Crippen LogP contribution in [-0.4, -0.2) is 45.7 Å². The summed E-state index contributed by atoms with van der Waals surface area (Å²) >= 11 is 12.2. The molecule has 2 aromatic carbocycles. The van der Waals surface area contributed by atoms with Crippen molar-refractivity contribution in [1.82, 2.24) is 0 Å². The van der Waals surface area contributed by atoms with E-state index in [9.17, 15) is 24.9 Å². The van der Waals surface area contributed by atoms with Gasteiger partial charge in [-0.05, 0) is 104 Å². The Kier molecular flexibility index (Phi) is 33.5. The van der Waals surface area contributed by atoms with E-state index in [-0.39, 0.29) is 73.6 Å². The first-order valence-electron chi connectivity index (χ1n) is 19.0. The largest absolute Gasteiger partial charge is 0.507 e. The molecule has 0 amide bonds. The molecular weight excluding hydrogens is 830 g/mol. The number of aliphatic hydroxyl groups excluding tert-OH is 1. The summed E-state index contributed by atoms with van der Waals surface area (Å²) in [5.74, 6) is -0.223. The Hall–Kier alpha value is -2.60. The van der Waals surface area contributed by atoms with Crippen molar-refractivity contribution < 1.29 is 55.2 Å². The van der Waals surface area contributed by atoms with Crippen molar-refractivity contribution in [2.24, 2.45) is 0 Å². The number of hydrogen-bond donors (Lipinski definition) is 4. The molecule has 0 saturated carbocycles. The number of aromatic hydroxyl groups is 3. The maximum absolute atomic E-state index is 11.5. The first-order chi connectivity index (χ1) is 25.1. The number of aldehydes is 1. The molecule has 0 bridgehead atoms. The molecule has 4 N–H and O–H groups in total. The van der Waals surface area contributed by atoms with Crippen molar-refractivity contribution in [3.63, 3.8) is 0 Å². The number of hydrogen-bond acceptors (Lipinski definition) is 7. The van der Waals surface area contributed by atoms with E-state index in [2.05, 4.69) is 34.6 Å². The number of unbranched alkanes of at least 4 members (excludes halogenated alkanes) is 6. The van der Waals surface area contributed by atoms with E-state index in [4.69, 9.17) is 33.0 Å². The second-order valence-electron chi connectivity index (χ2n) is 13.6. The Morgan fingerprint density at radius 1 is 0.727 bits per heavy atom. The minimum Gasteiger partial charge on any atom is -0.507 e. The summed E-state index contributed by atoms with van der Waals surface area (Å²) in [6, 6.07) is 1.41. The predicted molar refractivity (Wildman–Crippen MR) is 229 cm³/mol. The van der Waals surface area contributed by atoms with Gasteiger partial charge in [-0.3, -0.25) is 9.59 Å². The average molecular weight is 899 g/mol. The van der Waals surface area contributed by atoms with Crippen LogP contribution in [-0.2, 0) is 26.8 Å². The molecule has 7 nitrogen and oxygen atoms in total. The topological polar surface area (TPSA) is 124 Å². The molecule has 0 atom stereocenters. The number of ketones is 1. The molecule has 2 rings (SSSR count). The van der Waals surface area contributed by atoms with Crippen LogP contribution in [0.15, 0.2) is 41.0 Å². The number of rotatable bonds is 20. The fourth-order valence-electron chi connectivity index (χ4n) is 5.49. The number of phenolic OH excluding ortho intramolecular Hbond substituents is 3. The van der Waals surface area contributed by atoms with Crippen LogP contribution >= 0.6 is 23.2 Å². The monoisotopic (exact) mass is 897 g/mol. The second-order valence-corrected chi connectivity index (χ2v) is 14.4. The quantitative estimate of drug-likeness (QED) is 0.0260. The third-order valence-corrected chi connectivity index (χ3v) is 9.90. The Bertz CT molecular complexity index is 1530. The summed E-state index contributed by atoms with van der Waals surface area (Å²) in [5.41, 5.74) is 5.45. The maximum atomic E-state index is 11.5. The molecule has 0 saturated heterocycles. The predicted octanol–water partition coefficient (Wildman–Crippen LogP) is 13.4. The molecule has 0 aromatic heterocycles. The number of phenols is 3. The van der Waals surface area contributed by atoms with Crippen LogP contribution in [0.25, 0.3) is 0 Å². The fourth-order valence-corrected chi connectivity index (χ4v) is 5.91. The number of ether oxygens (including phenoxy) is 1. The van der Waals surface area contributed by atoms with Gasteiger partial charge in [0.1, 0.15) is 29.6 Å². The zero-order valence-electron chi connectivity index (χ0n) is 35.1. The molecule has 55 heavy (non-hydrogen) atoms. The van der Waals surface area contributed by atoms with Gasteiger partial charge < -0.3 is 32.6 Å². The summed E-state index contributed by atoms with van der Waals surface area (Å²) in [6.45, 7) is 18.0. The molecule has 2 aromatic rings. The SMILES string of the molecule is CCCCC/C(C)=C/COc1cc(O)c(C(C)=O)c(C)c1Cl.CCCCC/C(C)=C\CO.CCCCC/C(C)=C\Cc1c(O)c(Cl)c(C)c(C=O)c1O.[CH3-].[Pd]. The van der Waals surface area contributed by atoms with Crippen molar-refractivity contribution in [1.29, 1.82) is 0 Å². The van der Waals surface area contributed by atoms with Crippen LogP contribution in [0.3, 0.4) is 0 Å². The standard InChI is InChI=1S/C18H25ClO3.C17H23ClO3.C9H18O.CH3.Pd/c1-5-6-7-8-12(2)9-10-22-16-11-15(21)17(14(4)20)13(3)18(16)19;1-4-5-6-7-11(2)8-9-13-16(20)14(10-19)12(3)15(18)17(13)21;1-3-4-5-6-9(2)7-8-10;;/h9,11,21H,5-8,10H2,1-4H3;8,10,20-21H,4-7,9H2,1-3H3;7,10H,3-6,8H2,1-2H3;1H3;/q;;;-1;/b12-9+;11-8-;9-7-;;. The van der Waals surface area contributed by atoms with Crippen molar-refractivity contribution >= 4 is 35.3 Å². The number of halogens is 2. The van der Waals surface area contributed by atoms with Gasteiger partial charge >= 0.3 is 0 Å². The van der Waals surface area contributed by atoms with Gasteiger partial charge in [0.15, 0.2) is 12.1 Å². The molecule has 0 fully saturated rings. The van der Waals surface area contributed by atoms with Crippen molar-refractivity contribution in [2.45, 2.75) is 146 Å². The van der Waals surface area contributed by atoms with Gasteiger partial charge in [-0.25, -0.2) is 0 Å². The van der Waals surface area contributed by atoms with Gasteiger partial charge in [0, 0.05) is 32.1 Å². The van der Waals surface area contributed by atoms with Gasteiger partial charge in [-0.2, -0.15) is 0 Å². The van der Waals surface area contributed by atoms with Gasteiger partial charge in [0.05, 0.1) is 27.8 Å². The van der Waals surface area contributed by atoms with E-state index in [1.54, 1.807) is 13.8 Å². The third kappa shape index (κ3) is 21.5. The normalized spacial score (nSPS) is 11.3. The molecule has 0 radical (unpaired) electrons. The number of carbonyl (C=O) groups is 2. The van der Waals surface area contributed by atoms with Crippen molar-refractivity contribution in [3.8, 4) is 23.0 Å². The van der Waals surface area contributed by atoms with Gasteiger partial charge in [0.25, 0.3) is 0 Å². The number of aliphatic hydroxyl groups is 1. The Morgan fingerprint density at radius 3 is 1.64 bits per heavy atom. The van der Waals surface area contributed by atoms with Gasteiger partial charge in [-0.15, -0.1) is 0 Å². The van der Waals surface area contributed by atoms with E-state index in [0.717, 1.165) is 25.7 Å².